The summed E-state index contributed by atoms with van der Waals surface area (Å²) in [6, 6.07) is 13.3. The summed E-state index contributed by atoms with van der Waals surface area (Å²) in [7, 11) is 0. The van der Waals surface area contributed by atoms with Gasteiger partial charge in [-0.2, -0.15) is 0 Å². The van der Waals surface area contributed by atoms with E-state index in [1.54, 1.807) is 42.5 Å². The van der Waals surface area contributed by atoms with E-state index in [1.165, 1.54) is 13.0 Å². The third kappa shape index (κ3) is 6.73. The zero-order valence-corrected chi connectivity index (χ0v) is 16.8. The first kappa shape index (κ1) is 22.1. The molecule has 29 heavy (non-hydrogen) atoms. The molecule has 0 aliphatic heterocycles. The van der Waals surface area contributed by atoms with Crippen LogP contribution < -0.4 is 10.9 Å². The van der Waals surface area contributed by atoms with Gasteiger partial charge in [0.25, 0.3) is 5.91 Å². The quantitative estimate of drug-likeness (QED) is 0.410. The van der Waals surface area contributed by atoms with E-state index in [1.807, 2.05) is 6.92 Å². The van der Waals surface area contributed by atoms with Crippen molar-refractivity contribution < 1.29 is 23.9 Å². The lowest BCUT2D eigenvalue weighted by Crippen LogP contribution is -2.41. The number of ketones is 1. The van der Waals surface area contributed by atoms with Gasteiger partial charge in [0.2, 0.25) is 11.7 Å². The van der Waals surface area contributed by atoms with Gasteiger partial charge < -0.3 is 4.74 Å². The van der Waals surface area contributed by atoms with Gasteiger partial charge in [-0.1, -0.05) is 53.6 Å². The van der Waals surface area contributed by atoms with Crippen LogP contribution in [0.15, 0.2) is 48.5 Å². The van der Waals surface area contributed by atoms with Crippen LogP contribution in [0.2, 0.25) is 5.02 Å². The molecule has 2 aromatic rings. The summed E-state index contributed by atoms with van der Waals surface area (Å²) in [4.78, 5) is 47.9. The topological polar surface area (TPSA) is 102 Å². The zero-order chi connectivity index (χ0) is 21.4. The molecular weight excluding hydrogens is 396 g/mol. The Kier molecular flexibility index (Phi) is 7.91. The Morgan fingerprint density at radius 1 is 0.966 bits per heavy atom. The van der Waals surface area contributed by atoms with Crippen molar-refractivity contribution in [2.45, 2.75) is 32.8 Å². The number of aryl methyl sites for hydroxylation is 1. The number of rotatable bonds is 7. The highest BCUT2D eigenvalue weighted by molar-refractivity contribution is 6.33. The molecule has 0 saturated heterocycles. The van der Waals surface area contributed by atoms with Crippen LogP contribution in [-0.2, 0) is 14.3 Å². The molecular formula is C21H21ClN2O5. The summed E-state index contributed by atoms with van der Waals surface area (Å²) in [5, 5.41) is 0.245. The van der Waals surface area contributed by atoms with E-state index in [9.17, 15) is 19.2 Å². The number of hydrogen-bond acceptors (Lipinski definition) is 5. The molecule has 2 amide bonds. The number of Topliss-reactive ketones (excluding diaryl/α,β-unsaturated/α-hetero) is 1. The Labute approximate surface area is 173 Å². The van der Waals surface area contributed by atoms with Crippen LogP contribution in [0.4, 0.5) is 0 Å². The molecule has 0 heterocycles. The number of amides is 2. The molecule has 0 bridgehead atoms. The van der Waals surface area contributed by atoms with E-state index < -0.39 is 23.9 Å². The predicted octanol–water partition coefficient (Wildman–Crippen LogP) is 3.00. The summed E-state index contributed by atoms with van der Waals surface area (Å²) < 4.78 is 5.08. The Balaban J connectivity index is 1.74. The van der Waals surface area contributed by atoms with Crippen molar-refractivity contribution >= 4 is 35.2 Å². The highest BCUT2D eigenvalue weighted by Crippen LogP contribution is 2.14. The second-order valence-electron chi connectivity index (χ2n) is 6.34. The summed E-state index contributed by atoms with van der Waals surface area (Å²) in [6.45, 7) is 3.38. The fraction of sp³-hybridized carbons (Fsp3) is 0.238. The fourth-order valence-corrected chi connectivity index (χ4v) is 2.60. The van der Waals surface area contributed by atoms with Gasteiger partial charge in [0, 0.05) is 12.0 Å². The maximum absolute atomic E-state index is 12.3. The van der Waals surface area contributed by atoms with Gasteiger partial charge in [-0.25, -0.2) is 0 Å². The van der Waals surface area contributed by atoms with Gasteiger partial charge in [0.1, 0.15) is 0 Å². The van der Waals surface area contributed by atoms with Crippen molar-refractivity contribution in [3.8, 4) is 0 Å². The lowest BCUT2D eigenvalue weighted by atomic mass is 10.1. The van der Waals surface area contributed by atoms with Crippen molar-refractivity contribution in [3.63, 3.8) is 0 Å². The van der Waals surface area contributed by atoms with Crippen LogP contribution in [0, 0.1) is 6.92 Å². The molecule has 1 atom stereocenters. The smallest absolute Gasteiger partial charge is 0.307 e. The first-order chi connectivity index (χ1) is 13.8. The summed E-state index contributed by atoms with van der Waals surface area (Å²) in [5.41, 5.74) is 6.08. The monoisotopic (exact) mass is 416 g/mol. The number of hydrazine groups is 1. The summed E-state index contributed by atoms with van der Waals surface area (Å²) in [5.74, 6) is -2.18. The molecule has 0 aliphatic carbocycles. The number of benzene rings is 2. The minimum absolute atomic E-state index is 0.206. The Morgan fingerprint density at radius 2 is 1.62 bits per heavy atom. The number of carbonyl (C=O) groups is 4. The number of esters is 1. The van der Waals surface area contributed by atoms with Gasteiger partial charge in [0.15, 0.2) is 6.10 Å². The molecule has 0 aromatic heterocycles. The maximum atomic E-state index is 12.3. The van der Waals surface area contributed by atoms with Gasteiger partial charge >= 0.3 is 5.97 Å². The lowest BCUT2D eigenvalue weighted by Gasteiger charge is -2.13. The highest BCUT2D eigenvalue weighted by atomic mass is 35.5. The van der Waals surface area contributed by atoms with Crippen LogP contribution >= 0.6 is 11.6 Å². The van der Waals surface area contributed by atoms with Gasteiger partial charge in [-0.05, 0) is 26.0 Å². The molecule has 0 fully saturated rings. The second kappa shape index (κ2) is 10.4. The molecule has 2 aromatic carbocycles. The fourth-order valence-electron chi connectivity index (χ4n) is 2.38. The van der Waals surface area contributed by atoms with E-state index in [-0.39, 0.29) is 29.2 Å². The van der Waals surface area contributed by atoms with E-state index in [0.717, 1.165) is 5.56 Å². The largest absolute Gasteiger partial charge is 0.454 e. The molecule has 1 unspecified atom stereocenters. The molecule has 0 saturated carbocycles. The number of halogens is 1. The molecule has 0 spiro atoms. The number of hydrogen-bond donors (Lipinski definition) is 2. The normalized spacial score (nSPS) is 11.3. The maximum Gasteiger partial charge on any atom is 0.307 e. The van der Waals surface area contributed by atoms with Gasteiger partial charge in [-0.3, -0.25) is 30.0 Å². The minimum atomic E-state index is -0.965. The molecule has 7 nitrogen and oxygen atoms in total. The molecule has 8 heteroatoms. The average molecular weight is 417 g/mol. The Hall–Kier alpha value is -3.19. The van der Waals surface area contributed by atoms with E-state index in [4.69, 9.17) is 16.3 Å². The third-order valence-corrected chi connectivity index (χ3v) is 4.33. The van der Waals surface area contributed by atoms with Crippen molar-refractivity contribution in [1.29, 1.82) is 0 Å². The Morgan fingerprint density at radius 3 is 2.28 bits per heavy atom. The summed E-state index contributed by atoms with van der Waals surface area (Å²) in [6.07, 6.45) is -1.42. The van der Waals surface area contributed by atoms with Crippen molar-refractivity contribution in [2.75, 3.05) is 0 Å². The first-order valence-electron chi connectivity index (χ1n) is 8.92. The standard InChI is InChI=1S/C21H21ClN2O5/c1-13-7-9-15(10-8-13)20(27)14(2)29-19(26)12-11-18(25)23-24-21(28)16-5-3-4-6-17(16)22/h3-10,14H,11-12H2,1-2H3,(H,23,25)(H,24,28). The van der Waals surface area contributed by atoms with Crippen LogP contribution in [0.1, 0.15) is 46.0 Å². The average Bonchev–Trinajstić information content (AvgIpc) is 2.70. The van der Waals surface area contributed by atoms with Crippen molar-refractivity contribution in [3.05, 3.63) is 70.2 Å². The zero-order valence-electron chi connectivity index (χ0n) is 16.0. The molecule has 2 rings (SSSR count). The minimum Gasteiger partial charge on any atom is -0.454 e. The molecule has 0 aliphatic rings. The van der Waals surface area contributed by atoms with Crippen molar-refractivity contribution in [2.24, 2.45) is 0 Å². The SMILES string of the molecule is Cc1ccc(C(=O)C(C)OC(=O)CCC(=O)NNC(=O)c2ccccc2Cl)cc1. The van der Waals surface area contributed by atoms with E-state index >= 15 is 0 Å². The third-order valence-electron chi connectivity index (χ3n) is 4.00. The van der Waals surface area contributed by atoms with Crippen LogP contribution in [-0.4, -0.2) is 29.7 Å². The van der Waals surface area contributed by atoms with Crippen LogP contribution in [0.25, 0.3) is 0 Å². The van der Waals surface area contributed by atoms with Crippen LogP contribution in [0.5, 0.6) is 0 Å². The van der Waals surface area contributed by atoms with Gasteiger partial charge in [-0.15, -0.1) is 0 Å². The molecule has 2 N–H and O–H groups in total. The lowest BCUT2D eigenvalue weighted by molar-refractivity contribution is -0.147. The molecule has 0 radical (unpaired) electrons. The highest BCUT2D eigenvalue weighted by Gasteiger charge is 2.20. The predicted molar refractivity (Wildman–Crippen MR) is 107 cm³/mol. The van der Waals surface area contributed by atoms with E-state index in [0.29, 0.717) is 5.56 Å². The van der Waals surface area contributed by atoms with Crippen molar-refractivity contribution in [1.82, 2.24) is 10.9 Å². The Bertz CT molecular complexity index is 912. The van der Waals surface area contributed by atoms with Crippen LogP contribution in [0.3, 0.4) is 0 Å². The second-order valence-corrected chi connectivity index (χ2v) is 6.75. The summed E-state index contributed by atoms with van der Waals surface area (Å²) >= 11 is 5.90. The van der Waals surface area contributed by atoms with E-state index in [2.05, 4.69) is 10.9 Å². The number of nitrogens with one attached hydrogen (secondary N) is 2. The number of ether oxygens (including phenoxy) is 1. The van der Waals surface area contributed by atoms with Gasteiger partial charge in [0.05, 0.1) is 17.0 Å². The molecule has 152 valence electrons. The number of carbonyl (C=O) groups excluding carboxylic acids is 4. The first-order valence-corrected chi connectivity index (χ1v) is 9.30.